The van der Waals surface area contributed by atoms with Crippen LogP contribution in [0, 0.1) is 0 Å². The van der Waals surface area contributed by atoms with E-state index in [0.717, 1.165) is 0 Å². The molecule has 135 valence electrons. The normalized spacial score (nSPS) is 11.6. The molecule has 2 aromatic rings. The van der Waals surface area contributed by atoms with Gasteiger partial charge >= 0.3 is 16.8 Å². The van der Waals surface area contributed by atoms with Gasteiger partial charge in [-0.1, -0.05) is 60.7 Å². The Morgan fingerprint density at radius 1 is 0.600 bits per heavy atom. The molecule has 9 heteroatoms. The third kappa shape index (κ3) is 13.2. The van der Waals surface area contributed by atoms with E-state index in [1.807, 2.05) is 12.1 Å². The summed E-state index contributed by atoms with van der Waals surface area (Å²) in [6.07, 6.45) is 2.53. The largest absolute Gasteiger partial charge is 2.00 e. The van der Waals surface area contributed by atoms with E-state index in [1.165, 1.54) is 12.2 Å². The van der Waals surface area contributed by atoms with Gasteiger partial charge in [-0.05, 0) is 23.3 Å². The molecule has 0 saturated carbocycles. The number of rotatable bonds is 4. The third-order valence-electron chi connectivity index (χ3n) is 2.45. The SMILES string of the molecule is O=S(=O)([O-])C=Cc1ccccc1.O=S(=O)([O-])C=Cc1ccccc1.[Co+2]. The molecule has 0 aliphatic heterocycles. The Bertz CT molecular complexity index is 813. The predicted molar refractivity (Wildman–Crippen MR) is 90.3 cm³/mol. The number of benzene rings is 2. The average Bonchev–Trinajstić information content (AvgIpc) is 2.52. The molecule has 0 unspecified atom stereocenters. The van der Waals surface area contributed by atoms with E-state index < -0.39 is 20.2 Å². The fraction of sp³-hybridized carbons (Fsp3) is 0. The summed E-state index contributed by atoms with van der Waals surface area (Å²) < 4.78 is 61.0. The minimum Gasteiger partial charge on any atom is -0.744 e. The summed E-state index contributed by atoms with van der Waals surface area (Å²) in [6.45, 7) is 0. The van der Waals surface area contributed by atoms with Crippen molar-refractivity contribution in [2.24, 2.45) is 0 Å². The van der Waals surface area contributed by atoms with Crippen molar-refractivity contribution in [3.63, 3.8) is 0 Å². The van der Waals surface area contributed by atoms with E-state index in [1.54, 1.807) is 48.5 Å². The second kappa shape index (κ2) is 11.0. The molecule has 0 saturated heterocycles. The topological polar surface area (TPSA) is 114 Å². The molecule has 1 radical (unpaired) electrons. The maximum atomic E-state index is 10.2. The molecule has 0 atom stereocenters. The van der Waals surface area contributed by atoms with Crippen molar-refractivity contribution in [2.75, 3.05) is 0 Å². The Kier molecular flexibility index (Phi) is 10.2. The Morgan fingerprint density at radius 2 is 0.880 bits per heavy atom. The van der Waals surface area contributed by atoms with Crippen molar-refractivity contribution >= 4 is 32.4 Å². The second-order valence-electron chi connectivity index (χ2n) is 4.41. The molecule has 0 spiro atoms. The zero-order chi connectivity index (χ0) is 18.1. The smallest absolute Gasteiger partial charge is 0.744 e. The first-order chi connectivity index (χ1) is 11.2. The molecule has 0 bridgehead atoms. The molecule has 2 aromatic carbocycles. The molecule has 2 rings (SSSR count). The van der Waals surface area contributed by atoms with Crippen LogP contribution < -0.4 is 0 Å². The van der Waals surface area contributed by atoms with Gasteiger partial charge < -0.3 is 9.11 Å². The maximum Gasteiger partial charge on any atom is 2.00 e. The van der Waals surface area contributed by atoms with Crippen LogP contribution in [0.4, 0.5) is 0 Å². The molecule has 6 nitrogen and oxygen atoms in total. The van der Waals surface area contributed by atoms with Crippen LogP contribution >= 0.6 is 0 Å². The fourth-order valence-corrected chi connectivity index (χ4v) is 2.10. The molecular weight excluding hydrogens is 411 g/mol. The Hall–Kier alpha value is -1.75. The Balaban J connectivity index is 0.000000443. The van der Waals surface area contributed by atoms with Gasteiger partial charge in [0, 0.05) is 10.8 Å². The fourth-order valence-electron chi connectivity index (χ4n) is 1.45. The molecule has 0 N–H and O–H groups in total. The molecule has 0 fully saturated rings. The third-order valence-corrected chi connectivity index (χ3v) is 3.39. The minimum atomic E-state index is -4.25. The van der Waals surface area contributed by atoms with Gasteiger partial charge in [-0.3, -0.25) is 0 Å². The van der Waals surface area contributed by atoms with E-state index in [9.17, 15) is 25.9 Å². The van der Waals surface area contributed by atoms with Crippen LogP contribution in [0.2, 0.25) is 0 Å². The average molecular weight is 425 g/mol. The zero-order valence-electron chi connectivity index (χ0n) is 12.7. The summed E-state index contributed by atoms with van der Waals surface area (Å²) in [5, 5.41) is 1.28. The van der Waals surface area contributed by atoms with E-state index in [4.69, 9.17) is 0 Å². The van der Waals surface area contributed by atoms with Gasteiger partial charge in [-0.15, -0.1) is 0 Å². The molecule has 0 aromatic heterocycles. The van der Waals surface area contributed by atoms with Crippen molar-refractivity contribution in [2.45, 2.75) is 0 Å². The minimum absolute atomic E-state index is 0. The van der Waals surface area contributed by atoms with Gasteiger partial charge in [-0.2, -0.15) is 0 Å². The van der Waals surface area contributed by atoms with Gasteiger partial charge in [0.2, 0.25) is 0 Å². The molecule has 0 aliphatic carbocycles. The first-order valence-electron chi connectivity index (χ1n) is 6.54. The summed E-state index contributed by atoms with van der Waals surface area (Å²) in [5.74, 6) is 0. The van der Waals surface area contributed by atoms with Crippen LogP contribution in [-0.2, 0) is 37.0 Å². The van der Waals surface area contributed by atoms with Crippen molar-refractivity contribution < 1.29 is 42.7 Å². The van der Waals surface area contributed by atoms with Crippen molar-refractivity contribution in [1.29, 1.82) is 0 Å². The molecule has 0 heterocycles. The Labute approximate surface area is 157 Å². The summed E-state index contributed by atoms with van der Waals surface area (Å²) >= 11 is 0. The first kappa shape index (κ1) is 23.2. The van der Waals surface area contributed by atoms with Crippen LogP contribution in [-0.4, -0.2) is 25.9 Å². The Morgan fingerprint density at radius 3 is 1.12 bits per heavy atom. The van der Waals surface area contributed by atoms with Gasteiger partial charge in [0.25, 0.3) is 0 Å². The number of hydrogen-bond donors (Lipinski definition) is 0. The van der Waals surface area contributed by atoms with Gasteiger partial charge in [0.15, 0.2) is 0 Å². The number of hydrogen-bond acceptors (Lipinski definition) is 6. The molecule has 0 aliphatic rings. The van der Waals surface area contributed by atoms with E-state index in [-0.39, 0.29) is 16.8 Å². The van der Waals surface area contributed by atoms with Crippen molar-refractivity contribution in [3.8, 4) is 0 Å². The van der Waals surface area contributed by atoms with Crippen LogP contribution in [0.1, 0.15) is 11.1 Å². The quantitative estimate of drug-likeness (QED) is 0.695. The standard InChI is InChI=1S/2C8H8O3S.Co/c2*9-12(10,11)7-6-8-4-2-1-3-5-8;/h2*1-7H,(H,9,10,11);/q;;+2/p-2. The van der Waals surface area contributed by atoms with Crippen molar-refractivity contribution in [1.82, 2.24) is 0 Å². The zero-order valence-corrected chi connectivity index (χ0v) is 15.4. The van der Waals surface area contributed by atoms with E-state index in [2.05, 4.69) is 0 Å². The van der Waals surface area contributed by atoms with Crippen molar-refractivity contribution in [3.05, 3.63) is 82.6 Å². The summed E-state index contributed by atoms with van der Waals surface area (Å²) in [5.41, 5.74) is 1.38. The predicted octanol–water partition coefficient (Wildman–Crippen LogP) is 2.40. The van der Waals surface area contributed by atoms with Crippen LogP contribution in [0.3, 0.4) is 0 Å². The second-order valence-corrected chi connectivity index (χ2v) is 6.93. The van der Waals surface area contributed by atoms with Gasteiger partial charge in [-0.25, -0.2) is 16.8 Å². The van der Waals surface area contributed by atoms with E-state index >= 15 is 0 Å². The maximum absolute atomic E-state index is 10.2. The molecular formula is C16H14CoO6S2. The van der Waals surface area contributed by atoms with E-state index in [0.29, 0.717) is 21.9 Å². The summed E-state index contributed by atoms with van der Waals surface area (Å²) in [6, 6.07) is 17.5. The van der Waals surface area contributed by atoms with Crippen LogP contribution in [0.15, 0.2) is 71.5 Å². The first-order valence-corrected chi connectivity index (χ1v) is 9.48. The van der Waals surface area contributed by atoms with Crippen LogP contribution in [0.5, 0.6) is 0 Å². The summed E-state index contributed by atoms with van der Waals surface area (Å²) in [4.78, 5) is 0. The van der Waals surface area contributed by atoms with Crippen LogP contribution in [0.25, 0.3) is 12.2 Å². The molecule has 0 amide bonds. The molecule has 25 heavy (non-hydrogen) atoms. The summed E-state index contributed by atoms with van der Waals surface area (Å²) in [7, 11) is -8.51. The van der Waals surface area contributed by atoms with Gasteiger partial charge in [0.1, 0.15) is 20.2 Å². The monoisotopic (exact) mass is 425 g/mol. The van der Waals surface area contributed by atoms with Gasteiger partial charge in [0.05, 0.1) is 0 Å².